The van der Waals surface area contributed by atoms with E-state index in [0.29, 0.717) is 6.42 Å². The van der Waals surface area contributed by atoms with Crippen LogP contribution in [0.1, 0.15) is 38.2 Å². The van der Waals surface area contributed by atoms with Crippen LogP contribution in [0.25, 0.3) is 0 Å². The van der Waals surface area contributed by atoms with Crippen molar-refractivity contribution in [3.8, 4) is 5.75 Å². The molecule has 2 aromatic carbocycles. The number of nitrogens with one attached hydrogen (secondary N) is 1. The number of carbonyl (C=O) groups is 1. The lowest BCUT2D eigenvalue weighted by Crippen LogP contribution is -3.13. The monoisotopic (exact) mass is 384 g/mol. The average Bonchev–Trinajstić information content (AvgIpc) is 2.75. The zero-order chi connectivity index (χ0) is 20.0. The Morgan fingerprint density at radius 1 is 1.04 bits per heavy atom. The highest BCUT2D eigenvalue weighted by Gasteiger charge is 2.20. The standard InChI is InChI=1S/C15H23NO.C9H10O2/c1-2-14-8-10-16(11-9-14)12-13-17-15-6-4-3-5-7-15;10-9(11)7-6-8-4-2-1-3-5-8/h3-7,14H,2,8-13H2,1H3;1-5H,6-7H2,(H,10,11)/p+1. The van der Waals surface area contributed by atoms with Gasteiger partial charge in [0.1, 0.15) is 18.9 Å². The Kier molecular flexibility index (Phi) is 10.2. The van der Waals surface area contributed by atoms with Crippen LogP contribution < -0.4 is 9.64 Å². The van der Waals surface area contributed by atoms with Gasteiger partial charge in [0.05, 0.1) is 13.1 Å². The van der Waals surface area contributed by atoms with Crippen molar-refractivity contribution in [1.29, 1.82) is 0 Å². The smallest absolute Gasteiger partial charge is 0.303 e. The summed E-state index contributed by atoms with van der Waals surface area (Å²) in [5.74, 6) is 1.23. The van der Waals surface area contributed by atoms with E-state index < -0.39 is 5.97 Å². The lowest BCUT2D eigenvalue weighted by molar-refractivity contribution is -0.906. The number of aryl methyl sites for hydroxylation is 1. The highest BCUT2D eigenvalue weighted by atomic mass is 16.5. The number of para-hydroxylation sites is 1. The molecule has 1 saturated heterocycles. The maximum atomic E-state index is 10.2. The van der Waals surface area contributed by atoms with E-state index in [1.165, 1.54) is 32.4 Å². The van der Waals surface area contributed by atoms with E-state index in [1.54, 1.807) is 4.90 Å². The Balaban J connectivity index is 0.000000221. The maximum Gasteiger partial charge on any atom is 0.303 e. The van der Waals surface area contributed by atoms with Crippen molar-refractivity contribution in [3.05, 3.63) is 66.2 Å². The SMILES string of the molecule is CCC1CC[NH+](CCOc2ccccc2)CC1.O=C(O)CCc1ccccc1. The van der Waals surface area contributed by atoms with Crippen molar-refractivity contribution in [1.82, 2.24) is 0 Å². The topological polar surface area (TPSA) is 51.0 Å². The van der Waals surface area contributed by atoms with E-state index >= 15 is 0 Å². The molecule has 0 spiro atoms. The van der Waals surface area contributed by atoms with Crippen molar-refractivity contribution in [2.45, 2.75) is 39.0 Å². The summed E-state index contributed by atoms with van der Waals surface area (Å²) < 4.78 is 5.74. The molecule has 2 aromatic rings. The third-order valence-corrected chi connectivity index (χ3v) is 5.33. The molecule has 3 rings (SSSR count). The molecule has 0 amide bonds. The van der Waals surface area contributed by atoms with Crippen LogP contribution in [-0.2, 0) is 11.2 Å². The van der Waals surface area contributed by atoms with Crippen LogP contribution in [-0.4, -0.2) is 37.3 Å². The Bertz CT molecular complexity index is 652. The first kappa shape index (κ1) is 22.0. The van der Waals surface area contributed by atoms with Gasteiger partial charge >= 0.3 is 5.97 Å². The van der Waals surface area contributed by atoms with Gasteiger partial charge in [0.25, 0.3) is 0 Å². The van der Waals surface area contributed by atoms with Crippen molar-refractivity contribution >= 4 is 5.97 Å². The summed E-state index contributed by atoms with van der Waals surface area (Å²) in [6.45, 7) is 6.96. The van der Waals surface area contributed by atoms with Crippen molar-refractivity contribution in [2.24, 2.45) is 5.92 Å². The Morgan fingerprint density at radius 2 is 1.64 bits per heavy atom. The molecule has 2 N–H and O–H groups in total. The van der Waals surface area contributed by atoms with Gasteiger partial charge in [-0.3, -0.25) is 4.79 Å². The van der Waals surface area contributed by atoms with Gasteiger partial charge in [0, 0.05) is 6.42 Å². The summed E-state index contributed by atoms with van der Waals surface area (Å²) in [6, 6.07) is 19.7. The molecule has 152 valence electrons. The Labute approximate surface area is 169 Å². The zero-order valence-corrected chi connectivity index (χ0v) is 17.0. The minimum absolute atomic E-state index is 0.212. The number of ether oxygens (including phenoxy) is 1. The van der Waals surface area contributed by atoms with Crippen LogP contribution in [0.5, 0.6) is 5.75 Å². The predicted molar refractivity (Wildman–Crippen MR) is 113 cm³/mol. The fourth-order valence-electron chi connectivity index (χ4n) is 3.47. The molecule has 0 aliphatic carbocycles. The van der Waals surface area contributed by atoms with Gasteiger partial charge in [-0.05, 0) is 42.9 Å². The summed E-state index contributed by atoms with van der Waals surface area (Å²) in [5, 5.41) is 8.37. The van der Waals surface area contributed by atoms with E-state index in [-0.39, 0.29) is 6.42 Å². The average molecular weight is 385 g/mol. The number of quaternary nitrogens is 1. The van der Waals surface area contributed by atoms with E-state index in [0.717, 1.165) is 30.4 Å². The van der Waals surface area contributed by atoms with Gasteiger partial charge in [-0.2, -0.15) is 0 Å². The van der Waals surface area contributed by atoms with Crippen LogP contribution in [0, 0.1) is 5.92 Å². The molecule has 0 bridgehead atoms. The summed E-state index contributed by atoms with van der Waals surface area (Å²) in [5.41, 5.74) is 1.08. The number of piperidine rings is 1. The maximum absolute atomic E-state index is 10.2. The molecule has 4 nitrogen and oxygen atoms in total. The van der Waals surface area contributed by atoms with Crippen LogP contribution >= 0.6 is 0 Å². The van der Waals surface area contributed by atoms with Crippen LogP contribution in [0.4, 0.5) is 0 Å². The first-order valence-electron chi connectivity index (χ1n) is 10.4. The van der Waals surface area contributed by atoms with E-state index in [4.69, 9.17) is 9.84 Å². The normalized spacial score (nSPS) is 18.6. The number of carboxylic acids is 1. The van der Waals surface area contributed by atoms with Gasteiger partial charge in [-0.15, -0.1) is 0 Å². The van der Waals surface area contributed by atoms with Crippen LogP contribution in [0.3, 0.4) is 0 Å². The quantitative estimate of drug-likeness (QED) is 0.733. The van der Waals surface area contributed by atoms with Gasteiger partial charge in [0.2, 0.25) is 0 Å². The molecular formula is C24H34NO3+. The number of carboxylic acid groups (broad SMARTS) is 1. The number of likely N-dealkylation sites (tertiary alicyclic amines) is 1. The second kappa shape index (κ2) is 12.9. The summed E-state index contributed by atoms with van der Waals surface area (Å²) in [7, 11) is 0. The summed E-state index contributed by atoms with van der Waals surface area (Å²) in [4.78, 5) is 11.9. The predicted octanol–water partition coefficient (Wildman–Crippen LogP) is 3.47. The number of aliphatic carboxylic acids is 1. The third kappa shape index (κ3) is 9.05. The zero-order valence-electron chi connectivity index (χ0n) is 17.0. The van der Waals surface area contributed by atoms with Crippen molar-refractivity contribution in [2.75, 3.05) is 26.2 Å². The molecule has 0 saturated carbocycles. The number of hydrogen-bond donors (Lipinski definition) is 2. The molecule has 0 atom stereocenters. The second-order valence-corrected chi connectivity index (χ2v) is 7.39. The molecule has 4 heteroatoms. The van der Waals surface area contributed by atoms with E-state index in [2.05, 4.69) is 6.92 Å². The van der Waals surface area contributed by atoms with Crippen molar-refractivity contribution in [3.63, 3.8) is 0 Å². The summed E-state index contributed by atoms with van der Waals surface area (Å²) in [6.07, 6.45) is 4.99. The molecule has 1 heterocycles. The molecule has 1 aliphatic heterocycles. The van der Waals surface area contributed by atoms with Gasteiger partial charge in [0.15, 0.2) is 0 Å². The molecular weight excluding hydrogens is 350 g/mol. The van der Waals surface area contributed by atoms with Gasteiger partial charge in [-0.25, -0.2) is 0 Å². The largest absolute Gasteiger partial charge is 0.488 e. The van der Waals surface area contributed by atoms with E-state index in [9.17, 15) is 4.79 Å². The van der Waals surface area contributed by atoms with Gasteiger partial charge < -0.3 is 14.7 Å². The third-order valence-electron chi connectivity index (χ3n) is 5.33. The minimum Gasteiger partial charge on any atom is -0.488 e. The number of hydrogen-bond acceptors (Lipinski definition) is 2. The summed E-state index contributed by atoms with van der Waals surface area (Å²) >= 11 is 0. The minimum atomic E-state index is -0.742. The highest BCUT2D eigenvalue weighted by Crippen LogP contribution is 2.12. The van der Waals surface area contributed by atoms with Crippen molar-refractivity contribution < 1.29 is 19.5 Å². The Hall–Kier alpha value is -2.33. The lowest BCUT2D eigenvalue weighted by Gasteiger charge is -2.28. The molecule has 0 unspecified atom stereocenters. The van der Waals surface area contributed by atoms with Gasteiger partial charge in [-0.1, -0.05) is 61.9 Å². The molecule has 1 aliphatic rings. The Morgan fingerprint density at radius 3 is 2.21 bits per heavy atom. The first-order valence-corrected chi connectivity index (χ1v) is 10.4. The van der Waals surface area contributed by atoms with Crippen LogP contribution in [0.15, 0.2) is 60.7 Å². The molecule has 1 fully saturated rings. The first-order chi connectivity index (χ1) is 13.7. The second-order valence-electron chi connectivity index (χ2n) is 7.39. The molecule has 0 aromatic heterocycles. The fraction of sp³-hybridized carbons (Fsp3) is 0.458. The number of benzene rings is 2. The molecule has 28 heavy (non-hydrogen) atoms. The van der Waals surface area contributed by atoms with E-state index in [1.807, 2.05) is 60.7 Å². The lowest BCUT2D eigenvalue weighted by atomic mass is 9.94. The fourth-order valence-corrected chi connectivity index (χ4v) is 3.47. The van der Waals surface area contributed by atoms with Crippen LogP contribution in [0.2, 0.25) is 0 Å². The highest BCUT2D eigenvalue weighted by molar-refractivity contribution is 5.67. The number of rotatable bonds is 8. The molecule has 0 radical (unpaired) electrons.